The van der Waals surface area contributed by atoms with Crippen LogP contribution in [0.1, 0.15) is 24.8 Å². The van der Waals surface area contributed by atoms with Crippen LogP contribution in [0.5, 0.6) is 5.75 Å². The van der Waals surface area contributed by atoms with Crippen LogP contribution in [0.2, 0.25) is 0 Å². The van der Waals surface area contributed by atoms with Gasteiger partial charge in [-0.3, -0.25) is 0 Å². The number of aliphatic hydroxyl groups excluding tert-OH is 1. The molecule has 0 bridgehead atoms. The first-order valence-electron chi connectivity index (χ1n) is 5.60. The Balaban J connectivity index is 1.98. The molecule has 82 valence electrons. The van der Waals surface area contributed by atoms with Gasteiger partial charge in [0.25, 0.3) is 0 Å². The van der Waals surface area contributed by atoms with Crippen molar-refractivity contribution in [2.75, 3.05) is 7.11 Å². The number of rotatable bonds is 3. The Labute approximate surface area is 90.9 Å². The minimum atomic E-state index is -0.0906. The van der Waals surface area contributed by atoms with Gasteiger partial charge in [0.2, 0.25) is 0 Å². The second kappa shape index (κ2) is 4.67. The second-order valence-corrected chi connectivity index (χ2v) is 4.31. The lowest BCUT2D eigenvalue weighted by molar-refractivity contribution is 0.132. The van der Waals surface area contributed by atoms with E-state index in [0.29, 0.717) is 5.92 Å². The van der Waals surface area contributed by atoms with Gasteiger partial charge < -0.3 is 9.84 Å². The summed E-state index contributed by atoms with van der Waals surface area (Å²) in [6.07, 6.45) is 4.20. The van der Waals surface area contributed by atoms with Crippen molar-refractivity contribution in [2.45, 2.75) is 31.8 Å². The van der Waals surface area contributed by atoms with Crippen molar-refractivity contribution < 1.29 is 9.84 Å². The van der Waals surface area contributed by atoms with E-state index in [1.165, 1.54) is 12.0 Å². The highest BCUT2D eigenvalue weighted by Gasteiger charge is 2.24. The lowest BCUT2D eigenvalue weighted by Gasteiger charge is -2.14. The highest BCUT2D eigenvalue weighted by molar-refractivity contribution is 5.27. The molecule has 0 amide bonds. The largest absolute Gasteiger partial charge is 0.497 e. The van der Waals surface area contributed by atoms with Gasteiger partial charge in [-0.25, -0.2) is 0 Å². The Morgan fingerprint density at radius 2 is 2.00 bits per heavy atom. The molecule has 2 atom stereocenters. The third-order valence-corrected chi connectivity index (χ3v) is 3.28. The van der Waals surface area contributed by atoms with E-state index >= 15 is 0 Å². The molecule has 1 N–H and O–H groups in total. The molecule has 0 heterocycles. The molecular weight excluding hydrogens is 188 g/mol. The zero-order valence-corrected chi connectivity index (χ0v) is 9.15. The molecule has 1 aliphatic carbocycles. The minimum absolute atomic E-state index is 0.0906. The fraction of sp³-hybridized carbons (Fsp3) is 0.538. The number of aliphatic hydroxyl groups is 1. The molecule has 0 aliphatic heterocycles. The first-order chi connectivity index (χ1) is 7.29. The van der Waals surface area contributed by atoms with Crippen molar-refractivity contribution in [3.8, 4) is 5.75 Å². The molecule has 1 aromatic carbocycles. The van der Waals surface area contributed by atoms with Gasteiger partial charge in [0.15, 0.2) is 0 Å². The number of hydrogen-bond acceptors (Lipinski definition) is 2. The van der Waals surface area contributed by atoms with Crippen LogP contribution in [0.25, 0.3) is 0 Å². The third kappa shape index (κ3) is 2.51. The number of ether oxygens (including phenoxy) is 1. The first kappa shape index (κ1) is 10.5. The Morgan fingerprint density at radius 1 is 1.27 bits per heavy atom. The second-order valence-electron chi connectivity index (χ2n) is 4.31. The van der Waals surface area contributed by atoms with Gasteiger partial charge in [-0.2, -0.15) is 0 Å². The molecule has 2 nitrogen and oxygen atoms in total. The maximum Gasteiger partial charge on any atom is 0.118 e. The lowest BCUT2D eigenvalue weighted by Crippen LogP contribution is -2.15. The number of methoxy groups -OCH3 is 1. The topological polar surface area (TPSA) is 29.5 Å². The summed E-state index contributed by atoms with van der Waals surface area (Å²) in [7, 11) is 1.68. The summed E-state index contributed by atoms with van der Waals surface area (Å²) in [6, 6.07) is 8.14. The van der Waals surface area contributed by atoms with E-state index in [-0.39, 0.29) is 6.10 Å². The van der Waals surface area contributed by atoms with Gasteiger partial charge in [-0.05, 0) is 42.9 Å². The number of benzene rings is 1. The van der Waals surface area contributed by atoms with E-state index < -0.39 is 0 Å². The van der Waals surface area contributed by atoms with Gasteiger partial charge >= 0.3 is 0 Å². The summed E-state index contributed by atoms with van der Waals surface area (Å²) in [5, 5.41) is 9.73. The monoisotopic (exact) mass is 206 g/mol. The third-order valence-electron chi connectivity index (χ3n) is 3.28. The Bertz CT molecular complexity index is 305. The van der Waals surface area contributed by atoms with E-state index in [0.717, 1.165) is 25.0 Å². The summed E-state index contributed by atoms with van der Waals surface area (Å²) in [4.78, 5) is 0. The Kier molecular flexibility index (Phi) is 3.27. The van der Waals surface area contributed by atoms with Gasteiger partial charge in [-0.1, -0.05) is 18.6 Å². The Morgan fingerprint density at radius 3 is 2.53 bits per heavy atom. The molecule has 1 aromatic rings. The molecule has 2 rings (SSSR count). The van der Waals surface area contributed by atoms with E-state index in [1.54, 1.807) is 7.11 Å². The normalized spacial score (nSPS) is 25.5. The maximum atomic E-state index is 9.73. The number of hydrogen-bond donors (Lipinski definition) is 1. The van der Waals surface area contributed by atoms with Crippen molar-refractivity contribution in [1.29, 1.82) is 0 Å². The Hall–Kier alpha value is -1.02. The zero-order valence-electron chi connectivity index (χ0n) is 9.15. The molecule has 0 saturated heterocycles. The molecule has 0 unspecified atom stereocenters. The average molecular weight is 206 g/mol. The van der Waals surface area contributed by atoms with E-state index in [1.807, 2.05) is 12.1 Å². The summed E-state index contributed by atoms with van der Waals surface area (Å²) in [6.45, 7) is 0. The molecular formula is C13H18O2. The smallest absolute Gasteiger partial charge is 0.118 e. The fourth-order valence-electron chi connectivity index (χ4n) is 2.32. The summed E-state index contributed by atoms with van der Waals surface area (Å²) < 4.78 is 5.11. The van der Waals surface area contributed by atoms with Crippen LogP contribution in [0.4, 0.5) is 0 Å². The van der Waals surface area contributed by atoms with Crippen LogP contribution in [0.3, 0.4) is 0 Å². The van der Waals surface area contributed by atoms with Crippen LogP contribution in [0.15, 0.2) is 24.3 Å². The van der Waals surface area contributed by atoms with Crippen LogP contribution in [0, 0.1) is 5.92 Å². The maximum absolute atomic E-state index is 9.73. The standard InChI is InChI=1S/C13H18O2/c1-15-12-7-5-10(6-8-12)9-11-3-2-4-13(11)14/h5-8,11,13-14H,2-4,9H2,1H3/t11-,13+/m1/s1. The molecule has 0 aromatic heterocycles. The summed E-state index contributed by atoms with van der Waals surface area (Å²) in [5.74, 6) is 1.35. The molecule has 1 saturated carbocycles. The van der Waals surface area contributed by atoms with Crippen LogP contribution in [-0.2, 0) is 6.42 Å². The van der Waals surface area contributed by atoms with E-state index in [4.69, 9.17) is 4.74 Å². The molecule has 0 radical (unpaired) electrons. The predicted octanol–water partition coefficient (Wildman–Crippen LogP) is 2.40. The summed E-state index contributed by atoms with van der Waals surface area (Å²) >= 11 is 0. The van der Waals surface area contributed by atoms with Crippen molar-refractivity contribution in [1.82, 2.24) is 0 Å². The lowest BCUT2D eigenvalue weighted by atomic mass is 9.96. The highest BCUT2D eigenvalue weighted by Crippen LogP contribution is 2.29. The van der Waals surface area contributed by atoms with Crippen LogP contribution < -0.4 is 4.74 Å². The summed E-state index contributed by atoms with van der Waals surface area (Å²) in [5.41, 5.74) is 1.29. The quantitative estimate of drug-likeness (QED) is 0.823. The van der Waals surface area contributed by atoms with Crippen molar-refractivity contribution >= 4 is 0 Å². The highest BCUT2D eigenvalue weighted by atomic mass is 16.5. The van der Waals surface area contributed by atoms with Crippen LogP contribution >= 0.6 is 0 Å². The molecule has 15 heavy (non-hydrogen) atoms. The van der Waals surface area contributed by atoms with Gasteiger partial charge in [0.1, 0.15) is 5.75 Å². The average Bonchev–Trinajstić information content (AvgIpc) is 2.66. The van der Waals surface area contributed by atoms with Crippen LogP contribution in [-0.4, -0.2) is 18.3 Å². The molecule has 2 heteroatoms. The van der Waals surface area contributed by atoms with Crippen molar-refractivity contribution in [3.63, 3.8) is 0 Å². The minimum Gasteiger partial charge on any atom is -0.497 e. The molecule has 0 spiro atoms. The van der Waals surface area contributed by atoms with E-state index in [2.05, 4.69) is 12.1 Å². The van der Waals surface area contributed by atoms with Gasteiger partial charge in [0, 0.05) is 0 Å². The van der Waals surface area contributed by atoms with E-state index in [9.17, 15) is 5.11 Å². The fourth-order valence-corrected chi connectivity index (χ4v) is 2.32. The first-order valence-corrected chi connectivity index (χ1v) is 5.60. The van der Waals surface area contributed by atoms with Gasteiger partial charge in [0.05, 0.1) is 13.2 Å². The van der Waals surface area contributed by atoms with Crippen molar-refractivity contribution in [3.05, 3.63) is 29.8 Å². The van der Waals surface area contributed by atoms with Gasteiger partial charge in [-0.15, -0.1) is 0 Å². The molecule has 1 aliphatic rings. The van der Waals surface area contributed by atoms with Crippen molar-refractivity contribution in [2.24, 2.45) is 5.92 Å². The SMILES string of the molecule is COc1ccc(C[C@H]2CCC[C@@H]2O)cc1. The zero-order chi connectivity index (χ0) is 10.7. The molecule has 1 fully saturated rings. The predicted molar refractivity (Wildman–Crippen MR) is 60.0 cm³/mol.